The van der Waals surface area contributed by atoms with Crippen LogP contribution in [-0.2, 0) is 13.2 Å². The van der Waals surface area contributed by atoms with Crippen molar-refractivity contribution in [3.63, 3.8) is 0 Å². The van der Waals surface area contributed by atoms with Crippen LogP contribution in [0, 0.1) is 6.92 Å². The maximum Gasteiger partial charge on any atom is 0.287 e. The van der Waals surface area contributed by atoms with E-state index >= 15 is 0 Å². The summed E-state index contributed by atoms with van der Waals surface area (Å²) in [5.41, 5.74) is 5.94. The number of nitrogens with one attached hydrogen (secondary N) is 1. The molecule has 5 aromatic rings. The van der Waals surface area contributed by atoms with Crippen LogP contribution in [0.5, 0.6) is 5.75 Å². The molecule has 0 unspecified atom stereocenters. The molecule has 0 aliphatic carbocycles. The van der Waals surface area contributed by atoms with Crippen molar-refractivity contribution >= 4 is 5.91 Å². The maximum atomic E-state index is 12.9. The standard InChI is InChI=1S/C32H31N3O3/c1-22(2)28-16-14-23(3)18-30(28)37-21-27-15-17-29(38-27)32(36)33-19-25-20-35(26-12-8-5-9-13-26)34-31(25)24-10-6-4-7-11-24/h4-18,20,22H,19,21H2,1-3H3,(H,33,36). The van der Waals surface area contributed by atoms with Crippen molar-refractivity contribution in [3.05, 3.63) is 125 Å². The maximum absolute atomic E-state index is 12.9. The number of ether oxygens (including phenoxy) is 1. The van der Waals surface area contributed by atoms with Gasteiger partial charge in [0.05, 0.1) is 11.4 Å². The van der Waals surface area contributed by atoms with E-state index in [0.29, 0.717) is 18.2 Å². The first kappa shape index (κ1) is 25.1. The average molecular weight is 506 g/mol. The zero-order chi connectivity index (χ0) is 26.5. The third-order valence-corrected chi connectivity index (χ3v) is 6.34. The minimum atomic E-state index is -0.291. The Bertz CT molecular complexity index is 1520. The van der Waals surface area contributed by atoms with E-state index in [1.54, 1.807) is 12.1 Å². The summed E-state index contributed by atoms with van der Waals surface area (Å²) in [6.45, 7) is 6.88. The number of carbonyl (C=O) groups excluding carboxylic acids is 1. The van der Waals surface area contributed by atoms with Crippen LogP contribution in [0.3, 0.4) is 0 Å². The summed E-state index contributed by atoms with van der Waals surface area (Å²) in [5.74, 6) is 1.73. The van der Waals surface area contributed by atoms with Crippen molar-refractivity contribution in [1.82, 2.24) is 15.1 Å². The Morgan fingerprint density at radius 3 is 2.45 bits per heavy atom. The molecule has 38 heavy (non-hydrogen) atoms. The van der Waals surface area contributed by atoms with E-state index in [9.17, 15) is 4.79 Å². The van der Waals surface area contributed by atoms with Crippen LogP contribution in [0.4, 0.5) is 0 Å². The summed E-state index contributed by atoms with van der Waals surface area (Å²) in [5, 5.41) is 7.79. The van der Waals surface area contributed by atoms with Gasteiger partial charge in [-0.2, -0.15) is 5.10 Å². The number of furan rings is 1. The van der Waals surface area contributed by atoms with Crippen molar-refractivity contribution in [2.24, 2.45) is 0 Å². The van der Waals surface area contributed by atoms with E-state index in [-0.39, 0.29) is 18.3 Å². The molecule has 0 aliphatic rings. The lowest BCUT2D eigenvalue weighted by Crippen LogP contribution is -2.22. The predicted octanol–water partition coefficient (Wildman–Crippen LogP) is 7.07. The van der Waals surface area contributed by atoms with Gasteiger partial charge in [0, 0.05) is 23.9 Å². The SMILES string of the molecule is Cc1ccc(C(C)C)c(OCc2ccc(C(=O)NCc3cn(-c4ccccc4)nc3-c3ccccc3)o2)c1. The first-order chi connectivity index (χ1) is 18.5. The van der Waals surface area contributed by atoms with Gasteiger partial charge in [0.25, 0.3) is 5.91 Å². The minimum Gasteiger partial charge on any atom is -0.485 e. The number of para-hydroxylation sites is 1. The molecule has 6 nitrogen and oxygen atoms in total. The molecule has 2 heterocycles. The van der Waals surface area contributed by atoms with E-state index in [1.807, 2.05) is 84.5 Å². The second-order valence-corrected chi connectivity index (χ2v) is 9.58. The highest BCUT2D eigenvalue weighted by Crippen LogP contribution is 2.28. The van der Waals surface area contributed by atoms with Gasteiger partial charge < -0.3 is 14.5 Å². The summed E-state index contributed by atoms with van der Waals surface area (Å²) in [6.07, 6.45) is 1.95. The van der Waals surface area contributed by atoms with E-state index < -0.39 is 0 Å². The number of rotatable bonds is 9. The molecule has 0 saturated heterocycles. The Morgan fingerprint density at radius 2 is 1.71 bits per heavy atom. The van der Waals surface area contributed by atoms with Gasteiger partial charge in [0.1, 0.15) is 18.1 Å². The van der Waals surface area contributed by atoms with Crippen LogP contribution >= 0.6 is 0 Å². The van der Waals surface area contributed by atoms with Crippen molar-refractivity contribution in [2.45, 2.75) is 39.8 Å². The Morgan fingerprint density at radius 1 is 0.974 bits per heavy atom. The molecule has 0 fully saturated rings. The molecular weight excluding hydrogens is 474 g/mol. The van der Waals surface area contributed by atoms with Crippen molar-refractivity contribution in [1.29, 1.82) is 0 Å². The van der Waals surface area contributed by atoms with Crippen molar-refractivity contribution < 1.29 is 13.9 Å². The van der Waals surface area contributed by atoms with Crippen LogP contribution < -0.4 is 10.1 Å². The minimum absolute atomic E-state index is 0.244. The zero-order valence-electron chi connectivity index (χ0n) is 21.8. The van der Waals surface area contributed by atoms with Crippen molar-refractivity contribution in [3.8, 4) is 22.7 Å². The molecule has 0 bridgehead atoms. The van der Waals surface area contributed by atoms with Crippen molar-refractivity contribution in [2.75, 3.05) is 0 Å². The van der Waals surface area contributed by atoms with Crippen LogP contribution in [-0.4, -0.2) is 15.7 Å². The third-order valence-electron chi connectivity index (χ3n) is 6.34. The topological polar surface area (TPSA) is 69.3 Å². The van der Waals surface area contributed by atoms with E-state index in [2.05, 4.69) is 31.3 Å². The first-order valence-corrected chi connectivity index (χ1v) is 12.8. The lowest BCUT2D eigenvalue weighted by Gasteiger charge is -2.14. The molecule has 0 radical (unpaired) electrons. The summed E-state index contributed by atoms with van der Waals surface area (Å²) < 4.78 is 13.7. The molecule has 1 N–H and O–H groups in total. The Kier molecular flexibility index (Phi) is 7.40. The van der Waals surface area contributed by atoms with Gasteiger partial charge in [-0.25, -0.2) is 4.68 Å². The van der Waals surface area contributed by atoms with Crippen LogP contribution in [0.15, 0.2) is 102 Å². The number of aryl methyl sites for hydroxylation is 1. The van der Waals surface area contributed by atoms with Gasteiger partial charge in [0.2, 0.25) is 0 Å². The molecule has 2 aromatic heterocycles. The van der Waals surface area contributed by atoms with E-state index in [1.165, 1.54) is 0 Å². The zero-order valence-corrected chi connectivity index (χ0v) is 21.8. The third kappa shape index (κ3) is 5.70. The van der Waals surface area contributed by atoms with Crippen LogP contribution in [0.25, 0.3) is 16.9 Å². The number of hydrogen-bond acceptors (Lipinski definition) is 4. The summed E-state index contributed by atoms with van der Waals surface area (Å²) in [6, 6.07) is 29.6. The second-order valence-electron chi connectivity index (χ2n) is 9.58. The van der Waals surface area contributed by atoms with E-state index in [4.69, 9.17) is 14.3 Å². The highest BCUT2D eigenvalue weighted by Gasteiger charge is 2.16. The first-order valence-electron chi connectivity index (χ1n) is 12.8. The summed E-state index contributed by atoms with van der Waals surface area (Å²) >= 11 is 0. The molecule has 3 aromatic carbocycles. The van der Waals surface area contributed by atoms with Gasteiger partial charge in [-0.15, -0.1) is 0 Å². The molecule has 0 spiro atoms. The molecule has 0 atom stereocenters. The number of nitrogens with zero attached hydrogens (tertiary/aromatic N) is 2. The molecular formula is C32H31N3O3. The highest BCUT2D eigenvalue weighted by atomic mass is 16.5. The molecule has 0 aliphatic heterocycles. The molecule has 5 rings (SSSR count). The number of hydrogen-bond donors (Lipinski definition) is 1. The predicted molar refractivity (Wildman–Crippen MR) is 148 cm³/mol. The Labute approximate surface area is 222 Å². The number of amides is 1. The smallest absolute Gasteiger partial charge is 0.287 e. The molecule has 6 heteroatoms. The van der Waals surface area contributed by atoms with Gasteiger partial charge in [-0.1, -0.05) is 74.5 Å². The fraction of sp³-hybridized carbons (Fsp3) is 0.188. The fourth-order valence-electron chi connectivity index (χ4n) is 4.32. The summed E-state index contributed by atoms with van der Waals surface area (Å²) in [4.78, 5) is 12.9. The summed E-state index contributed by atoms with van der Waals surface area (Å²) in [7, 11) is 0. The quantitative estimate of drug-likeness (QED) is 0.233. The Hall–Kier alpha value is -4.58. The van der Waals surface area contributed by atoms with Crippen LogP contribution in [0.2, 0.25) is 0 Å². The lowest BCUT2D eigenvalue weighted by atomic mass is 10.0. The number of aromatic nitrogens is 2. The molecule has 192 valence electrons. The molecule has 0 saturated carbocycles. The van der Waals surface area contributed by atoms with Crippen LogP contribution in [0.1, 0.15) is 52.8 Å². The highest BCUT2D eigenvalue weighted by molar-refractivity contribution is 5.91. The fourth-order valence-corrected chi connectivity index (χ4v) is 4.32. The monoisotopic (exact) mass is 505 g/mol. The number of carbonyl (C=O) groups is 1. The Balaban J connectivity index is 1.28. The average Bonchev–Trinajstić information content (AvgIpc) is 3.59. The number of benzene rings is 3. The molecule has 1 amide bonds. The van der Waals surface area contributed by atoms with Gasteiger partial charge in [-0.3, -0.25) is 4.79 Å². The second kappa shape index (κ2) is 11.2. The lowest BCUT2D eigenvalue weighted by molar-refractivity contribution is 0.0919. The van der Waals surface area contributed by atoms with E-state index in [0.717, 1.165) is 39.4 Å². The van der Waals surface area contributed by atoms with Gasteiger partial charge in [-0.05, 0) is 54.3 Å². The van der Waals surface area contributed by atoms with Gasteiger partial charge >= 0.3 is 0 Å². The van der Waals surface area contributed by atoms with Gasteiger partial charge in [0.15, 0.2) is 5.76 Å². The largest absolute Gasteiger partial charge is 0.485 e. The normalized spacial score (nSPS) is 11.1.